The van der Waals surface area contributed by atoms with E-state index in [4.69, 9.17) is 9.47 Å². The van der Waals surface area contributed by atoms with Crippen LogP contribution in [0.4, 0.5) is 9.59 Å². The van der Waals surface area contributed by atoms with E-state index in [1.807, 2.05) is 30.6 Å². The Kier molecular flexibility index (Phi) is 8.72. The predicted molar refractivity (Wildman–Crippen MR) is 161 cm³/mol. The molecule has 2 amide bonds. The fourth-order valence-electron chi connectivity index (χ4n) is 6.16. The number of fused-ring (bicyclic) bond motifs is 2. The largest absolute Gasteiger partial charge is 0.438 e. The van der Waals surface area contributed by atoms with Crippen molar-refractivity contribution in [3.8, 4) is 0 Å². The number of carbonyl (C=O) groups is 2. The van der Waals surface area contributed by atoms with Gasteiger partial charge in [0.1, 0.15) is 5.82 Å². The average Bonchev–Trinajstić information content (AvgIpc) is 3.80. The molecule has 0 radical (unpaired) electrons. The number of rotatable bonds is 11. The molecule has 4 aromatic rings. The fourth-order valence-corrected chi connectivity index (χ4v) is 6.16. The number of nitrogens with zero attached hydrogens (tertiary/aromatic N) is 4. The number of hydrogen-bond donors (Lipinski definition) is 2. The first-order chi connectivity index (χ1) is 21.0. The first kappa shape index (κ1) is 28.5. The number of aromatic nitrogens is 4. The standard InChI is InChI=1S/C33H38N6O4/c1-23-20-28(30-34-16-18-38(23)30)42-32(40)36-14-6-10-24-8-5-9-25(21-24)11-7-15-37-33(41)43-29-22-27(26-12-3-2-4-13-26)39-19-17-35-31(29)39/h2-5,8-9,12-13,16-19,21,23,27-29H,6-7,10-11,14-15,20,22H2,1H3,(H,36,40)(H,37,41)/t23-,27+,28+,29+/m1/s1. The third-order valence-electron chi connectivity index (χ3n) is 8.27. The smallest absolute Gasteiger partial charge is 0.407 e. The van der Waals surface area contributed by atoms with E-state index in [0.29, 0.717) is 19.5 Å². The molecule has 43 heavy (non-hydrogen) atoms. The summed E-state index contributed by atoms with van der Waals surface area (Å²) < 4.78 is 15.5. The summed E-state index contributed by atoms with van der Waals surface area (Å²) in [7, 11) is 0. The highest BCUT2D eigenvalue weighted by molar-refractivity contribution is 5.67. The molecule has 0 unspecified atom stereocenters. The first-order valence-corrected chi connectivity index (χ1v) is 15.1. The molecule has 0 aliphatic carbocycles. The minimum absolute atomic E-state index is 0.112. The highest BCUT2D eigenvalue weighted by Crippen LogP contribution is 2.39. The molecule has 0 saturated heterocycles. The van der Waals surface area contributed by atoms with Crippen molar-refractivity contribution in [3.63, 3.8) is 0 Å². The van der Waals surface area contributed by atoms with Crippen LogP contribution in [0, 0.1) is 0 Å². The molecular formula is C33H38N6O4. The molecule has 2 aromatic carbocycles. The number of ether oxygens (including phenoxy) is 2. The van der Waals surface area contributed by atoms with Gasteiger partial charge >= 0.3 is 12.2 Å². The Hall–Kier alpha value is -4.60. The topological polar surface area (TPSA) is 112 Å². The summed E-state index contributed by atoms with van der Waals surface area (Å²) in [6, 6.07) is 19.1. The molecule has 0 spiro atoms. The SMILES string of the molecule is C[C@@H]1C[C@H](OC(=O)NCCCc2cccc(CCCNC(=O)O[C@H]3C[C@@H](c4ccccc4)n4ccnc43)c2)c2nccn21. The maximum atomic E-state index is 12.6. The van der Waals surface area contributed by atoms with Gasteiger partial charge in [0.2, 0.25) is 0 Å². The second-order valence-electron chi connectivity index (χ2n) is 11.3. The van der Waals surface area contributed by atoms with E-state index in [0.717, 1.165) is 43.8 Å². The molecule has 10 nitrogen and oxygen atoms in total. The second-order valence-corrected chi connectivity index (χ2v) is 11.3. The van der Waals surface area contributed by atoms with Gasteiger partial charge in [0.25, 0.3) is 0 Å². The number of nitrogens with one attached hydrogen (secondary N) is 2. The van der Waals surface area contributed by atoms with Crippen molar-refractivity contribution in [2.45, 2.75) is 69.7 Å². The van der Waals surface area contributed by atoms with Crippen LogP contribution < -0.4 is 10.6 Å². The monoisotopic (exact) mass is 582 g/mol. The molecule has 224 valence electrons. The van der Waals surface area contributed by atoms with Gasteiger partial charge in [0.15, 0.2) is 18.0 Å². The number of alkyl carbamates (subject to hydrolysis) is 2. The molecule has 10 heteroatoms. The van der Waals surface area contributed by atoms with Crippen LogP contribution in [0.2, 0.25) is 0 Å². The van der Waals surface area contributed by atoms with Crippen LogP contribution in [0.5, 0.6) is 0 Å². The predicted octanol–water partition coefficient (Wildman–Crippen LogP) is 5.84. The van der Waals surface area contributed by atoms with Gasteiger partial charge < -0.3 is 29.2 Å². The fraction of sp³-hybridized carbons (Fsp3) is 0.394. The number of aryl methyl sites for hydroxylation is 2. The quantitative estimate of drug-likeness (QED) is 0.215. The zero-order valence-electron chi connectivity index (χ0n) is 24.4. The number of amides is 2. The molecule has 2 aliphatic heterocycles. The van der Waals surface area contributed by atoms with Gasteiger partial charge in [0, 0.05) is 56.8 Å². The normalized spacial score (nSPS) is 20.3. The Bertz CT molecular complexity index is 1530. The zero-order valence-corrected chi connectivity index (χ0v) is 24.4. The van der Waals surface area contributed by atoms with Gasteiger partial charge in [-0.15, -0.1) is 0 Å². The summed E-state index contributed by atoms with van der Waals surface area (Å²) in [5.41, 5.74) is 3.61. The van der Waals surface area contributed by atoms with Gasteiger partial charge in [-0.3, -0.25) is 0 Å². The number of hydrogen-bond acceptors (Lipinski definition) is 6. The van der Waals surface area contributed by atoms with E-state index in [1.165, 1.54) is 16.7 Å². The van der Waals surface area contributed by atoms with Crippen molar-refractivity contribution < 1.29 is 19.1 Å². The minimum atomic E-state index is -0.416. The molecule has 2 aromatic heterocycles. The Morgan fingerprint density at radius 1 is 0.791 bits per heavy atom. The Morgan fingerprint density at radius 2 is 1.37 bits per heavy atom. The van der Waals surface area contributed by atoms with Crippen molar-refractivity contribution in [1.29, 1.82) is 0 Å². The van der Waals surface area contributed by atoms with Crippen LogP contribution in [0.25, 0.3) is 0 Å². The summed E-state index contributed by atoms with van der Waals surface area (Å²) in [5.74, 6) is 1.59. The van der Waals surface area contributed by atoms with Crippen LogP contribution in [0.15, 0.2) is 79.4 Å². The first-order valence-electron chi connectivity index (χ1n) is 15.1. The van der Waals surface area contributed by atoms with Crippen molar-refractivity contribution in [1.82, 2.24) is 29.7 Å². The van der Waals surface area contributed by atoms with Gasteiger partial charge in [-0.1, -0.05) is 54.6 Å². The third kappa shape index (κ3) is 6.74. The minimum Gasteiger partial charge on any atom is -0.438 e. The van der Waals surface area contributed by atoms with Crippen LogP contribution >= 0.6 is 0 Å². The lowest BCUT2D eigenvalue weighted by Crippen LogP contribution is -2.27. The summed E-state index contributed by atoms with van der Waals surface area (Å²) in [6.07, 6.45) is 10.6. The molecule has 6 rings (SSSR count). The molecule has 2 N–H and O–H groups in total. The van der Waals surface area contributed by atoms with Crippen LogP contribution in [-0.2, 0) is 22.3 Å². The van der Waals surface area contributed by atoms with E-state index in [9.17, 15) is 9.59 Å². The van der Waals surface area contributed by atoms with Crippen LogP contribution in [0.3, 0.4) is 0 Å². The lowest BCUT2D eigenvalue weighted by molar-refractivity contribution is 0.0936. The van der Waals surface area contributed by atoms with Gasteiger partial charge in [-0.25, -0.2) is 19.6 Å². The zero-order chi connectivity index (χ0) is 29.6. The maximum Gasteiger partial charge on any atom is 0.407 e. The van der Waals surface area contributed by atoms with Crippen molar-refractivity contribution in [2.75, 3.05) is 13.1 Å². The number of imidazole rings is 2. The summed E-state index contributed by atoms with van der Waals surface area (Å²) in [6.45, 7) is 3.16. The summed E-state index contributed by atoms with van der Waals surface area (Å²) in [5, 5.41) is 5.77. The molecular weight excluding hydrogens is 544 g/mol. The summed E-state index contributed by atoms with van der Waals surface area (Å²) >= 11 is 0. The van der Waals surface area contributed by atoms with E-state index < -0.39 is 12.2 Å². The number of benzene rings is 2. The molecule has 2 aliphatic rings. The maximum absolute atomic E-state index is 12.6. The third-order valence-corrected chi connectivity index (χ3v) is 8.27. The second kappa shape index (κ2) is 13.1. The Morgan fingerprint density at radius 3 is 2.02 bits per heavy atom. The molecule has 4 atom stereocenters. The lowest BCUT2D eigenvalue weighted by atomic mass is 10.0. The highest BCUT2D eigenvalue weighted by Gasteiger charge is 2.35. The Labute approximate surface area is 251 Å². The summed E-state index contributed by atoms with van der Waals surface area (Å²) in [4.78, 5) is 33.6. The van der Waals surface area contributed by atoms with E-state index >= 15 is 0 Å². The molecule has 0 fully saturated rings. The van der Waals surface area contributed by atoms with Gasteiger partial charge in [0.05, 0.1) is 6.04 Å². The van der Waals surface area contributed by atoms with Gasteiger partial charge in [-0.05, 0) is 49.3 Å². The van der Waals surface area contributed by atoms with Crippen molar-refractivity contribution in [3.05, 3.63) is 108 Å². The van der Waals surface area contributed by atoms with Crippen molar-refractivity contribution in [2.24, 2.45) is 0 Å². The van der Waals surface area contributed by atoms with Crippen molar-refractivity contribution >= 4 is 12.2 Å². The van der Waals surface area contributed by atoms with E-state index in [2.05, 4.69) is 73.1 Å². The van der Waals surface area contributed by atoms with Crippen LogP contribution in [0.1, 0.15) is 85.2 Å². The molecule has 4 heterocycles. The van der Waals surface area contributed by atoms with E-state index in [-0.39, 0.29) is 24.3 Å². The highest BCUT2D eigenvalue weighted by atomic mass is 16.6. The Balaban J connectivity index is 0.879. The average molecular weight is 583 g/mol. The number of carbonyl (C=O) groups excluding carboxylic acids is 2. The lowest BCUT2D eigenvalue weighted by Gasteiger charge is -2.14. The molecule has 0 bridgehead atoms. The molecule has 0 saturated carbocycles. The van der Waals surface area contributed by atoms with E-state index in [1.54, 1.807) is 12.4 Å². The van der Waals surface area contributed by atoms with Gasteiger partial charge in [-0.2, -0.15) is 0 Å². The van der Waals surface area contributed by atoms with Crippen LogP contribution in [-0.4, -0.2) is 44.4 Å².